The summed E-state index contributed by atoms with van der Waals surface area (Å²) in [7, 11) is 2.00. The van der Waals surface area contributed by atoms with Crippen molar-refractivity contribution in [1.82, 2.24) is 4.90 Å². The molecule has 0 unspecified atom stereocenters. The molecule has 0 spiro atoms. The third kappa shape index (κ3) is 6.14. The molecule has 0 heterocycles. The van der Waals surface area contributed by atoms with Crippen molar-refractivity contribution < 1.29 is 4.79 Å². The lowest BCUT2D eigenvalue weighted by atomic mass is 10.3. The van der Waals surface area contributed by atoms with Crippen LogP contribution in [-0.4, -0.2) is 24.3 Å². The van der Waals surface area contributed by atoms with Gasteiger partial charge in [-0.1, -0.05) is 12.2 Å². The number of nitrogens with zero attached hydrogens (tertiary/aromatic N) is 1. The molecule has 0 aliphatic heterocycles. The van der Waals surface area contributed by atoms with Crippen molar-refractivity contribution in [2.75, 3.05) is 13.6 Å². The molecule has 0 aromatic carbocycles. The molecule has 0 aliphatic rings. The largest absolute Gasteiger partial charge is 0.378 e. The van der Waals surface area contributed by atoms with Gasteiger partial charge >= 0.3 is 0 Å². The van der Waals surface area contributed by atoms with E-state index in [2.05, 4.69) is 4.90 Å². The molecule has 0 rings (SSSR count). The SMILES string of the molecule is C/C=C\C=C(/C)N(C)CCC(C)=O. The predicted molar refractivity (Wildman–Crippen MR) is 56.5 cm³/mol. The average molecular weight is 181 g/mol. The minimum absolute atomic E-state index is 0.241. The fourth-order valence-corrected chi connectivity index (χ4v) is 0.864. The van der Waals surface area contributed by atoms with Crippen molar-refractivity contribution in [3.05, 3.63) is 23.9 Å². The number of ketones is 1. The quantitative estimate of drug-likeness (QED) is 0.607. The molecule has 2 nitrogen and oxygen atoms in total. The van der Waals surface area contributed by atoms with Crippen LogP contribution in [0.15, 0.2) is 23.9 Å². The molecule has 0 N–H and O–H groups in total. The summed E-state index contributed by atoms with van der Waals surface area (Å²) >= 11 is 0. The number of carbonyl (C=O) groups is 1. The molecule has 0 saturated heterocycles. The lowest BCUT2D eigenvalue weighted by Gasteiger charge is -2.18. The highest BCUT2D eigenvalue weighted by atomic mass is 16.1. The Morgan fingerprint density at radius 3 is 2.46 bits per heavy atom. The second-order valence-electron chi connectivity index (χ2n) is 3.21. The van der Waals surface area contributed by atoms with Gasteiger partial charge in [-0.05, 0) is 26.8 Å². The van der Waals surface area contributed by atoms with Gasteiger partial charge in [0.2, 0.25) is 0 Å². The summed E-state index contributed by atoms with van der Waals surface area (Å²) in [5, 5.41) is 0. The lowest BCUT2D eigenvalue weighted by Crippen LogP contribution is -2.19. The summed E-state index contributed by atoms with van der Waals surface area (Å²) < 4.78 is 0. The van der Waals surface area contributed by atoms with Crippen LogP contribution >= 0.6 is 0 Å². The Labute approximate surface area is 80.9 Å². The highest BCUT2D eigenvalue weighted by Crippen LogP contribution is 2.01. The average Bonchev–Trinajstić information content (AvgIpc) is 2.10. The third-order valence-corrected chi connectivity index (χ3v) is 1.93. The number of carbonyl (C=O) groups excluding carboxylic acids is 1. The molecule has 0 aliphatic carbocycles. The van der Waals surface area contributed by atoms with E-state index in [0.717, 1.165) is 6.54 Å². The molecular formula is C11H19NO. The van der Waals surface area contributed by atoms with Crippen LogP contribution in [0.3, 0.4) is 0 Å². The number of Topliss-reactive ketones (excluding diaryl/α,β-unsaturated/α-hetero) is 1. The van der Waals surface area contributed by atoms with Crippen LogP contribution in [0.25, 0.3) is 0 Å². The van der Waals surface area contributed by atoms with Gasteiger partial charge in [-0.2, -0.15) is 0 Å². The first-order valence-corrected chi connectivity index (χ1v) is 4.58. The van der Waals surface area contributed by atoms with E-state index in [-0.39, 0.29) is 5.78 Å². The molecule has 0 atom stereocenters. The molecule has 13 heavy (non-hydrogen) atoms. The summed E-state index contributed by atoms with van der Waals surface area (Å²) in [6, 6.07) is 0. The maximum absolute atomic E-state index is 10.7. The van der Waals surface area contributed by atoms with Gasteiger partial charge in [0.05, 0.1) is 0 Å². The van der Waals surface area contributed by atoms with Gasteiger partial charge < -0.3 is 4.90 Å². The van der Waals surface area contributed by atoms with Crippen molar-refractivity contribution in [1.29, 1.82) is 0 Å². The molecule has 0 bridgehead atoms. The number of hydrogen-bond donors (Lipinski definition) is 0. The van der Waals surface area contributed by atoms with E-state index in [4.69, 9.17) is 0 Å². The molecule has 0 radical (unpaired) electrons. The van der Waals surface area contributed by atoms with Crippen LogP contribution in [0.5, 0.6) is 0 Å². The van der Waals surface area contributed by atoms with Crippen LogP contribution in [0.4, 0.5) is 0 Å². The second-order valence-corrected chi connectivity index (χ2v) is 3.21. The van der Waals surface area contributed by atoms with E-state index >= 15 is 0 Å². The molecule has 0 fully saturated rings. The third-order valence-electron chi connectivity index (χ3n) is 1.93. The van der Waals surface area contributed by atoms with Gasteiger partial charge in [-0.3, -0.25) is 4.79 Å². The normalized spacial score (nSPS) is 12.2. The van der Waals surface area contributed by atoms with E-state index < -0.39 is 0 Å². The Balaban J connectivity index is 3.95. The zero-order chi connectivity index (χ0) is 10.3. The van der Waals surface area contributed by atoms with Gasteiger partial charge in [0.15, 0.2) is 0 Å². The summed E-state index contributed by atoms with van der Waals surface area (Å²) in [5.41, 5.74) is 1.18. The zero-order valence-electron chi connectivity index (χ0n) is 9.00. The van der Waals surface area contributed by atoms with Gasteiger partial charge in [0.1, 0.15) is 5.78 Å². The Kier molecular flexibility index (Phi) is 5.94. The summed E-state index contributed by atoms with van der Waals surface area (Å²) in [6.07, 6.45) is 6.65. The van der Waals surface area contributed by atoms with Crippen molar-refractivity contribution in [3.63, 3.8) is 0 Å². The summed E-state index contributed by atoms with van der Waals surface area (Å²) in [5.74, 6) is 0.241. The van der Waals surface area contributed by atoms with Crippen LogP contribution < -0.4 is 0 Å². The van der Waals surface area contributed by atoms with Gasteiger partial charge in [0, 0.05) is 25.7 Å². The predicted octanol–water partition coefficient (Wildman–Crippen LogP) is 2.38. The van der Waals surface area contributed by atoms with Gasteiger partial charge in [0.25, 0.3) is 0 Å². The smallest absolute Gasteiger partial charge is 0.131 e. The topological polar surface area (TPSA) is 20.3 Å². The van der Waals surface area contributed by atoms with E-state index in [1.165, 1.54) is 5.70 Å². The lowest BCUT2D eigenvalue weighted by molar-refractivity contribution is -0.117. The Bertz CT molecular complexity index is 216. The molecule has 0 amide bonds. The summed E-state index contributed by atoms with van der Waals surface area (Å²) in [6.45, 7) is 6.45. The Morgan fingerprint density at radius 1 is 1.38 bits per heavy atom. The van der Waals surface area contributed by atoms with E-state index in [1.54, 1.807) is 6.92 Å². The zero-order valence-corrected chi connectivity index (χ0v) is 9.00. The van der Waals surface area contributed by atoms with Gasteiger partial charge in [-0.25, -0.2) is 0 Å². The van der Waals surface area contributed by atoms with Crippen LogP contribution in [0, 0.1) is 0 Å². The second kappa shape index (κ2) is 6.46. The number of allylic oxidation sites excluding steroid dienone is 4. The Morgan fingerprint density at radius 2 is 2.00 bits per heavy atom. The van der Waals surface area contributed by atoms with Crippen LogP contribution in [0.2, 0.25) is 0 Å². The van der Waals surface area contributed by atoms with E-state index in [1.807, 2.05) is 39.1 Å². The van der Waals surface area contributed by atoms with Crippen LogP contribution in [0.1, 0.15) is 27.2 Å². The molecule has 74 valence electrons. The first-order valence-electron chi connectivity index (χ1n) is 4.58. The van der Waals surface area contributed by atoms with Crippen molar-refractivity contribution in [2.45, 2.75) is 27.2 Å². The fourth-order valence-electron chi connectivity index (χ4n) is 0.864. The minimum atomic E-state index is 0.241. The Hall–Kier alpha value is -1.05. The number of rotatable bonds is 5. The molecule has 0 aromatic heterocycles. The standard InChI is InChI=1S/C11H19NO/c1-5-6-7-10(2)12(4)9-8-11(3)13/h5-7H,8-9H2,1-4H3/b6-5-,10-7+. The first-order chi connectivity index (χ1) is 6.07. The van der Waals surface area contributed by atoms with Crippen molar-refractivity contribution in [2.24, 2.45) is 0 Å². The van der Waals surface area contributed by atoms with Crippen molar-refractivity contribution in [3.8, 4) is 0 Å². The van der Waals surface area contributed by atoms with Crippen molar-refractivity contribution >= 4 is 5.78 Å². The minimum Gasteiger partial charge on any atom is -0.378 e. The fraction of sp³-hybridized carbons (Fsp3) is 0.545. The number of hydrogen-bond acceptors (Lipinski definition) is 2. The van der Waals surface area contributed by atoms with Crippen LogP contribution in [-0.2, 0) is 4.79 Å². The highest BCUT2D eigenvalue weighted by molar-refractivity contribution is 5.75. The molecule has 0 saturated carbocycles. The van der Waals surface area contributed by atoms with E-state index in [9.17, 15) is 4.79 Å². The van der Waals surface area contributed by atoms with Gasteiger partial charge in [-0.15, -0.1) is 0 Å². The first kappa shape index (κ1) is 11.9. The maximum Gasteiger partial charge on any atom is 0.131 e. The highest BCUT2D eigenvalue weighted by Gasteiger charge is 1.99. The monoisotopic (exact) mass is 181 g/mol. The van der Waals surface area contributed by atoms with E-state index in [0.29, 0.717) is 6.42 Å². The summed E-state index contributed by atoms with van der Waals surface area (Å²) in [4.78, 5) is 12.8. The maximum atomic E-state index is 10.7. The molecule has 0 aromatic rings. The molecular weight excluding hydrogens is 162 g/mol. The molecule has 2 heteroatoms.